The fourth-order valence-corrected chi connectivity index (χ4v) is 3.60. The van der Waals surface area contributed by atoms with E-state index < -0.39 is 0 Å². The molecule has 5 rings (SSSR count). The molecule has 0 aromatic rings. The average Bonchev–Trinajstić information content (AvgIpc) is 3.41. The van der Waals surface area contributed by atoms with E-state index in [1.807, 2.05) is 70.3 Å². The van der Waals surface area contributed by atoms with Gasteiger partial charge in [-0.3, -0.25) is 6.08 Å². The molecule has 114 valence electrons. The Balaban J connectivity index is 0.000000146. The zero-order chi connectivity index (χ0) is 15.2. The molecule has 2 bridgehead atoms. The molecule has 3 unspecified atom stereocenters. The molecule has 1 heteroatoms. The fraction of sp³-hybridized carbons (Fsp3) is 0.227. The summed E-state index contributed by atoms with van der Waals surface area (Å²) < 4.78 is 0. The number of rotatable bonds is 1. The summed E-state index contributed by atoms with van der Waals surface area (Å²) in [5, 5.41) is 0. The summed E-state index contributed by atoms with van der Waals surface area (Å²) in [5.74, 6) is 2.01. The number of hydrogen-bond acceptors (Lipinski definition) is 0. The maximum Gasteiger partial charge on any atom is 2.00 e. The summed E-state index contributed by atoms with van der Waals surface area (Å²) in [6.07, 6.45) is 31.5. The van der Waals surface area contributed by atoms with Crippen LogP contribution in [0.4, 0.5) is 0 Å². The van der Waals surface area contributed by atoms with Crippen molar-refractivity contribution in [2.24, 2.45) is 17.8 Å². The van der Waals surface area contributed by atoms with Crippen molar-refractivity contribution in [3.05, 3.63) is 107 Å². The minimum Gasteiger partial charge on any atom is -0.520 e. The zero-order valence-corrected chi connectivity index (χ0v) is 14.9. The normalized spacial score (nSPS) is 32.6. The van der Waals surface area contributed by atoms with Crippen molar-refractivity contribution in [1.29, 1.82) is 0 Å². The molecule has 0 heterocycles. The third kappa shape index (κ3) is 4.96. The van der Waals surface area contributed by atoms with Gasteiger partial charge in [-0.15, -0.1) is 5.92 Å². The van der Waals surface area contributed by atoms with Crippen LogP contribution in [0, 0.1) is 95.0 Å². The molecule has 0 aliphatic heterocycles. The van der Waals surface area contributed by atoms with Crippen molar-refractivity contribution < 1.29 is 21.7 Å². The van der Waals surface area contributed by atoms with Crippen molar-refractivity contribution in [2.45, 2.75) is 12.8 Å². The van der Waals surface area contributed by atoms with E-state index in [4.69, 9.17) is 6.58 Å². The van der Waals surface area contributed by atoms with Gasteiger partial charge in [0.05, 0.1) is 0 Å². The minimum atomic E-state index is 0. The molecular weight excluding hydrogens is 312 g/mol. The Labute approximate surface area is 158 Å². The van der Waals surface area contributed by atoms with E-state index in [1.165, 1.54) is 6.42 Å². The quantitative estimate of drug-likeness (QED) is 0.480. The number of hydrogen-bond donors (Lipinski definition) is 0. The van der Waals surface area contributed by atoms with E-state index in [2.05, 4.69) is 18.6 Å². The third-order valence-electron chi connectivity index (χ3n) is 4.57. The zero-order valence-electron chi connectivity index (χ0n) is 13.3. The molecule has 10 radical (unpaired) electrons. The Morgan fingerprint density at radius 1 is 0.826 bits per heavy atom. The molecule has 5 aliphatic rings. The van der Waals surface area contributed by atoms with Gasteiger partial charge < -0.3 is 13.0 Å². The molecule has 23 heavy (non-hydrogen) atoms. The summed E-state index contributed by atoms with van der Waals surface area (Å²) >= 11 is 0. The Hall–Kier alpha value is -0.0657. The van der Waals surface area contributed by atoms with Gasteiger partial charge in [0.15, 0.2) is 0 Å². The monoisotopic (exact) mass is 334 g/mol. The molecule has 5 aliphatic carbocycles. The predicted molar refractivity (Wildman–Crippen MR) is 92.0 cm³/mol. The van der Waals surface area contributed by atoms with E-state index >= 15 is 0 Å². The molecule has 4 fully saturated rings. The molecule has 0 nitrogen and oxygen atoms in total. The first-order valence-corrected chi connectivity index (χ1v) is 8.04. The molecule has 0 amide bonds. The van der Waals surface area contributed by atoms with Crippen LogP contribution in [0.1, 0.15) is 12.8 Å². The molecule has 0 spiro atoms. The van der Waals surface area contributed by atoms with E-state index in [9.17, 15) is 0 Å². The van der Waals surface area contributed by atoms with E-state index in [-0.39, 0.29) is 21.7 Å². The van der Waals surface area contributed by atoms with Crippen LogP contribution in [0.2, 0.25) is 0 Å². The van der Waals surface area contributed by atoms with Crippen LogP contribution in [0.3, 0.4) is 0 Å². The largest absolute Gasteiger partial charge is 2.00 e. The van der Waals surface area contributed by atoms with Gasteiger partial charge in [-0.1, -0.05) is 29.7 Å². The number of fused-ring (bicyclic) bond motifs is 5. The Morgan fingerprint density at radius 3 is 1.78 bits per heavy atom. The molecule has 0 N–H and O–H groups in total. The van der Waals surface area contributed by atoms with Gasteiger partial charge in [-0.2, -0.15) is 5.92 Å². The number of allylic oxidation sites excluding steroid dienone is 5. The van der Waals surface area contributed by atoms with Gasteiger partial charge in [0.25, 0.3) is 0 Å². The first-order valence-electron chi connectivity index (χ1n) is 8.04. The van der Waals surface area contributed by atoms with Gasteiger partial charge in [0, 0.05) is 0 Å². The summed E-state index contributed by atoms with van der Waals surface area (Å²) in [4.78, 5) is 0. The summed E-state index contributed by atoms with van der Waals surface area (Å²) in [6.45, 7) is 5.60. The van der Waals surface area contributed by atoms with Crippen molar-refractivity contribution in [3.8, 4) is 0 Å². The van der Waals surface area contributed by atoms with E-state index in [1.54, 1.807) is 11.1 Å². The van der Waals surface area contributed by atoms with Gasteiger partial charge >= 0.3 is 21.7 Å². The molecule has 0 aromatic carbocycles. The second-order valence-electron chi connectivity index (χ2n) is 5.89. The Kier molecular flexibility index (Phi) is 8.41. The second kappa shape index (κ2) is 10.0. The summed E-state index contributed by atoms with van der Waals surface area (Å²) in [6, 6.07) is 0. The summed E-state index contributed by atoms with van der Waals surface area (Å²) in [5.41, 5.74) is 3.22. The second-order valence-corrected chi connectivity index (χ2v) is 5.89. The van der Waals surface area contributed by atoms with Crippen LogP contribution < -0.4 is 0 Å². The van der Waals surface area contributed by atoms with Crippen molar-refractivity contribution in [3.63, 3.8) is 0 Å². The molecular formula is C22H22Ti. The first-order chi connectivity index (χ1) is 10.9. The average molecular weight is 334 g/mol. The Morgan fingerprint density at radius 2 is 1.30 bits per heavy atom. The van der Waals surface area contributed by atoms with Crippen LogP contribution in [0.15, 0.2) is 29.4 Å². The Bertz CT molecular complexity index is 396. The fourth-order valence-electron chi connectivity index (χ4n) is 3.60. The maximum absolute atomic E-state index is 5.60. The standard InChI is InChI=1S/C12H12.2C5H5.Ti/c1-2-8-6-9-7-12(8)11-5-3-4-10(9)11;2*1-2-4-5-3-1;/h1-2,4-6,8-9,12H,3,7H2;2*1-5H;/q-2;;;+2. The molecule has 0 aromatic heterocycles. The van der Waals surface area contributed by atoms with Crippen molar-refractivity contribution in [1.82, 2.24) is 0 Å². The van der Waals surface area contributed by atoms with Gasteiger partial charge in [-0.25, -0.2) is 0 Å². The summed E-state index contributed by atoms with van der Waals surface area (Å²) in [7, 11) is 0. The predicted octanol–water partition coefficient (Wildman–Crippen LogP) is 4.74. The van der Waals surface area contributed by atoms with Gasteiger partial charge in [0.1, 0.15) is 0 Å². The van der Waals surface area contributed by atoms with Crippen LogP contribution in [-0.4, -0.2) is 0 Å². The van der Waals surface area contributed by atoms with Gasteiger partial charge in [-0.05, 0) is 76.5 Å². The van der Waals surface area contributed by atoms with Crippen LogP contribution in [0.5, 0.6) is 0 Å². The molecule has 3 atom stereocenters. The van der Waals surface area contributed by atoms with Gasteiger partial charge in [0.2, 0.25) is 0 Å². The topological polar surface area (TPSA) is 0 Å². The van der Waals surface area contributed by atoms with Crippen LogP contribution in [-0.2, 0) is 21.7 Å². The smallest absolute Gasteiger partial charge is 0.520 e. The van der Waals surface area contributed by atoms with Crippen LogP contribution >= 0.6 is 0 Å². The molecule has 4 saturated carbocycles. The van der Waals surface area contributed by atoms with Crippen molar-refractivity contribution >= 4 is 0 Å². The third-order valence-corrected chi connectivity index (χ3v) is 4.57. The van der Waals surface area contributed by atoms with E-state index in [0.29, 0.717) is 5.92 Å². The SMILES string of the molecule is [CH-]=CC1[CH-]C2CC1C1=CCC=C12.[CH]1[CH][CH][CH][CH]1.[CH]1[CH][CH][CH][CH]1.[Ti+2]. The molecule has 0 saturated heterocycles. The first kappa shape index (κ1) is 19.3. The van der Waals surface area contributed by atoms with E-state index in [0.717, 1.165) is 18.3 Å². The maximum atomic E-state index is 5.60. The minimum absolute atomic E-state index is 0. The van der Waals surface area contributed by atoms with Crippen LogP contribution in [0.25, 0.3) is 0 Å². The van der Waals surface area contributed by atoms with Crippen molar-refractivity contribution in [2.75, 3.05) is 0 Å².